The number of rotatable bonds is 3. The van der Waals surface area contributed by atoms with E-state index in [2.05, 4.69) is 0 Å². The molecule has 2 N–H and O–H groups in total. The average molecular weight is 238 g/mol. The van der Waals surface area contributed by atoms with Crippen molar-refractivity contribution in [2.75, 3.05) is 19.7 Å². The minimum atomic E-state index is -0.421. The molecule has 5 heteroatoms. The molecule has 0 saturated carbocycles. The Labute approximate surface area is 99.2 Å². The molecule has 1 unspecified atom stereocenters. The molecule has 0 aliphatic carbocycles. The van der Waals surface area contributed by atoms with Crippen molar-refractivity contribution in [3.8, 4) is 0 Å². The number of hydrogen-bond donors (Lipinski definition) is 1. The normalized spacial score (nSPS) is 20.2. The van der Waals surface area contributed by atoms with Gasteiger partial charge in [0.1, 0.15) is 5.82 Å². The van der Waals surface area contributed by atoms with Crippen molar-refractivity contribution < 1.29 is 13.9 Å². The first-order valence-electron chi connectivity index (χ1n) is 5.62. The van der Waals surface area contributed by atoms with Crippen LogP contribution in [-0.4, -0.2) is 30.7 Å². The van der Waals surface area contributed by atoms with E-state index >= 15 is 0 Å². The summed E-state index contributed by atoms with van der Waals surface area (Å²) in [4.78, 5) is 13.1. The van der Waals surface area contributed by atoms with E-state index in [-0.39, 0.29) is 11.9 Å². The highest BCUT2D eigenvalue weighted by molar-refractivity contribution is 5.69. The van der Waals surface area contributed by atoms with Crippen molar-refractivity contribution in [1.29, 1.82) is 0 Å². The number of carbonyl (C=O) groups excluding carboxylic acids is 1. The largest absolute Gasteiger partial charge is 0.449 e. The van der Waals surface area contributed by atoms with Crippen LogP contribution < -0.4 is 5.73 Å². The zero-order chi connectivity index (χ0) is 12.3. The van der Waals surface area contributed by atoms with Crippen LogP contribution in [0.4, 0.5) is 9.18 Å². The molecule has 1 aromatic rings. The molecule has 1 atom stereocenters. The van der Waals surface area contributed by atoms with Crippen molar-refractivity contribution in [3.63, 3.8) is 0 Å². The standard InChI is InChI=1S/C12H15FN2O2/c13-10-4-2-1-3-9(10)11-5-8-17-12(16)15(11)7-6-14/h1-4,11H,5-8,14H2. The Morgan fingerprint density at radius 3 is 2.94 bits per heavy atom. The first-order chi connectivity index (χ1) is 8.24. The van der Waals surface area contributed by atoms with E-state index < -0.39 is 6.09 Å². The second-order valence-electron chi connectivity index (χ2n) is 3.92. The maximum absolute atomic E-state index is 13.7. The average Bonchev–Trinajstić information content (AvgIpc) is 2.33. The maximum atomic E-state index is 13.7. The molecule has 1 fully saturated rings. The van der Waals surface area contributed by atoms with E-state index in [1.807, 2.05) is 0 Å². The van der Waals surface area contributed by atoms with E-state index in [1.165, 1.54) is 11.0 Å². The highest BCUT2D eigenvalue weighted by atomic mass is 19.1. The fourth-order valence-corrected chi connectivity index (χ4v) is 2.08. The van der Waals surface area contributed by atoms with Gasteiger partial charge in [0.2, 0.25) is 0 Å². The molecular weight excluding hydrogens is 223 g/mol. The molecule has 1 saturated heterocycles. The van der Waals surface area contributed by atoms with Gasteiger partial charge in [-0.25, -0.2) is 9.18 Å². The molecule has 4 nitrogen and oxygen atoms in total. The minimum Gasteiger partial charge on any atom is -0.449 e. The van der Waals surface area contributed by atoms with Crippen LogP contribution in [0, 0.1) is 5.82 Å². The number of hydrogen-bond acceptors (Lipinski definition) is 3. The SMILES string of the molecule is NCCN1C(=O)OCCC1c1ccccc1F. The van der Waals surface area contributed by atoms with E-state index in [1.54, 1.807) is 18.2 Å². The quantitative estimate of drug-likeness (QED) is 0.871. The number of benzene rings is 1. The maximum Gasteiger partial charge on any atom is 0.410 e. The van der Waals surface area contributed by atoms with Crippen molar-refractivity contribution >= 4 is 6.09 Å². The van der Waals surface area contributed by atoms with Gasteiger partial charge in [0.15, 0.2) is 0 Å². The van der Waals surface area contributed by atoms with E-state index in [9.17, 15) is 9.18 Å². The molecule has 92 valence electrons. The van der Waals surface area contributed by atoms with Gasteiger partial charge in [0.05, 0.1) is 12.6 Å². The van der Waals surface area contributed by atoms with Crippen LogP contribution in [-0.2, 0) is 4.74 Å². The second-order valence-corrected chi connectivity index (χ2v) is 3.92. The topological polar surface area (TPSA) is 55.6 Å². The number of nitrogens with zero attached hydrogens (tertiary/aromatic N) is 1. The minimum absolute atomic E-state index is 0.277. The Morgan fingerprint density at radius 1 is 1.47 bits per heavy atom. The first kappa shape index (κ1) is 11.9. The Balaban J connectivity index is 2.28. The number of amides is 1. The molecule has 1 aliphatic heterocycles. The van der Waals surface area contributed by atoms with Crippen LogP contribution in [0.3, 0.4) is 0 Å². The van der Waals surface area contributed by atoms with Crippen molar-refractivity contribution in [1.82, 2.24) is 4.90 Å². The third-order valence-electron chi connectivity index (χ3n) is 2.86. The number of nitrogens with two attached hydrogens (primary N) is 1. The number of ether oxygens (including phenoxy) is 1. The summed E-state index contributed by atoms with van der Waals surface area (Å²) < 4.78 is 18.6. The number of halogens is 1. The zero-order valence-corrected chi connectivity index (χ0v) is 9.43. The van der Waals surface area contributed by atoms with Crippen LogP contribution in [0.15, 0.2) is 24.3 Å². The second kappa shape index (κ2) is 5.14. The summed E-state index contributed by atoms with van der Waals surface area (Å²) in [6.07, 6.45) is 0.169. The monoisotopic (exact) mass is 238 g/mol. The molecule has 1 aliphatic rings. The van der Waals surface area contributed by atoms with E-state index in [0.29, 0.717) is 31.7 Å². The molecule has 0 spiro atoms. The molecule has 17 heavy (non-hydrogen) atoms. The van der Waals surface area contributed by atoms with Gasteiger partial charge in [0.25, 0.3) is 0 Å². The van der Waals surface area contributed by atoms with Gasteiger partial charge in [0, 0.05) is 25.1 Å². The van der Waals surface area contributed by atoms with E-state index in [4.69, 9.17) is 10.5 Å². The summed E-state index contributed by atoms with van der Waals surface area (Å²) in [6, 6.07) is 6.21. The Bertz CT molecular complexity index is 411. The van der Waals surface area contributed by atoms with Gasteiger partial charge >= 0.3 is 6.09 Å². The van der Waals surface area contributed by atoms with Crippen molar-refractivity contribution in [3.05, 3.63) is 35.6 Å². The predicted octanol–water partition coefficient (Wildman–Crippen LogP) is 1.67. The summed E-state index contributed by atoms with van der Waals surface area (Å²) in [5.41, 5.74) is 5.98. The van der Waals surface area contributed by atoms with Gasteiger partial charge in [-0.15, -0.1) is 0 Å². The smallest absolute Gasteiger partial charge is 0.410 e. The predicted molar refractivity (Wildman–Crippen MR) is 60.9 cm³/mol. The van der Waals surface area contributed by atoms with Crippen molar-refractivity contribution in [2.24, 2.45) is 5.73 Å². The first-order valence-corrected chi connectivity index (χ1v) is 5.62. The lowest BCUT2D eigenvalue weighted by molar-refractivity contribution is 0.0442. The number of cyclic esters (lactones) is 1. The Hall–Kier alpha value is -1.62. The molecule has 2 rings (SSSR count). The molecule has 0 aromatic heterocycles. The van der Waals surface area contributed by atoms with Gasteiger partial charge in [-0.3, -0.25) is 4.90 Å². The number of carbonyl (C=O) groups is 1. The third kappa shape index (κ3) is 2.39. The fourth-order valence-electron chi connectivity index (χ4n) is 2.08. The van der Waals surface area contributed by atoms with Gasteiger partial charge < -0.3 is 10.5 Å². The van der Waals surface area contributed by atoms with Crippen molar-refractivity contribution in [2.45, 2.75) is 12.5 Å². The summed E-state index contributed by atoms with van der Waals surface area (Å²) in [5.74, 6) is -0.297. The fraction of sp³-hybridized carbons (Fsp3) is 0.417. The zero-order valence-electron chi connectivity index (χ0n) is 9.43. The Kier molecular flexibility index (Phi) is 3.58. The lowest BCUT2D eigenvalue weighted by Crippen LogP contribution is -2.43. The molecule has 1 amide bonds. The van der Waals surface area contributed by atoms with Crippen LogP contribution in [0.2, 0.25) is 0 Å². The highest BCUT2D eigenvalue weighted by Gasteiger charge is 2.31. The summed E-state index contributed by atoms with van der Waals surface area (Å²) >= 11 is 0. The summed E-state index contributed by atoms with van der Waals surface area (Å²) in [6.45, 7) is 1.02. The highest BCUT2D eigenvalue weighted by Crippen LogP contribution is 2.29. The van der Waals surface area contributed by atoms with Gasteiger partial charge in [-0.1, -0.05) is 18.2 Å². The molecule has 1 aromatic carbocycles. The Morgan fingerprint density at radius 2 is 2.24 bits per heavy atom. The molecule has 1 heterocycles. The molecule has 0 radical (unpaired) electrons. The van der Waals surface area contributed by atoms with Crippen LogP contribution in [0.5, 0.6) is 0 Å². The van der Waals surface area contributed by atoms with Gasteiger partial charge in [-0.05, 0) is 6.07 Å². The van der Waals surface area contributed by atoms with Crippen LogP contribution >= 0.6 is 0 Å². The van der Waals surface area contributed by atoms with Gasteiger partial charge in [-0.2, -0.15) is 0 Å². The van der Waals surface area contributed by atoms with Crippen LogP contribution in [0.25, 0.3) is 0 Å². The van der Waals surface area contributed by atoms with Crippen LogP contribution in [0.1, 0.15) is 18.0 Å². The molecule has 0 bridgehead atoms. The lowest BCUT2D eigenvalue weighted by atomic mass is 10.0. The lowest BCUT2D eigenvalue weighted by Gasteiger charge is -2.35. The summed E-state index contributed by atoms with van der Waals surface area (Å²) in [7, 11) is 0. The molecular formula is C12H15FN2O2. The summed E-state index contributed by atoms with van der Waals surface area (Å²) in [5, 5.41) is 0. The third-order valence-corrected chi connectivity index (χ3v) is 2.86. The van der Waals surface area contributed by atoms with E-state index in [0.717, 1.165) is 0 Å².